The molecule has 0 heterocycles. The van der Waals surface area contributed by atoms with E-state index < -0.39 is 0 Å². The van der Waals surface area contributed by atoms with Crippen molar-refractivity contribution in [2.24, 2.45) is 4.99 Å². The molecule has 0 aliphatic heterocycles. The number of para-hydroxylation sites is 1. The number of aliphatic imine (C=N–C) groups is 1. The van der Waals surface area contributed by atoms with Crippen LogP contribution in [0.5, 0.6) is 0 Å². The molecule has 0 fully saturated rings. The largest absolute Gasteiger partial charge is 0.256 e. The molecule has 2 aromatic carbocycles. The highest BCUT2D eigenvalue weighted by Crippen LogP contribution is 2.24. The molecule has 1 nitrogen and oxygen atoms in total. The molecule has 0 unspecified atom stereocenters. The van der Waals surface area contributed by atoms with Gasteiger partial charge in [0, 0.05) is 11.8 Å². The number of benzene rings is 2. The van der Waals surface area contributed by atoms with Crippen molar-refractivity contribution in [2.75, 3.05) is 13.3 Å². The van der Waals surface area contributed by atoms with E-state index in [4.69, 9.17) is 0 Å². The summed E-state index contributed by atoms with van der Waals surface area (Å²) in [6, 6.07) is 18.5. The molecule has 0 bridgehead atoms. The zero-order chi connectivity index (χ0) is 12.1. The summed E-state index contributed by atoms with van der Waals surface area (Å²) >= 11 is 0. The van der Waals surface area contributed by atoms with Crippen LogP contribution in [0.1, 0.15) is 5.56 Å². The van der Waals surface area contributed by atoms with Crippen LogP contribution in [0.3, 0.4) is 0 Å². The van der Waals surface area contributed by atoms with E-state index in [1.165, 1.54) is 10.9 Å². The fourth-order valence-electron chi connectivity index (χ4n) is 1.66. The van der Waals surface area contributed by atoms with Gasteiger partial charge in [0.1, 0.15) is 0 Å². The lowest BCUT2D eigenvalue weighted by molar-refractivity contribution is 1.53. The SMILES string of the molecule is CP(C)c1ccccc1C=Nc1ccccc1. The summed E-state index contributed by atoms with van der Waals surface area (Å²) in [5.74, 6) is 0. The molecule has 0 aliphatic carbocycles. The predicted octanol–water partition coefficient (Wildman–Crippen LogP) is 3.80. The normalized spacial score (nSPS) is 11.2. The second kappa shape index (κ2) is 5.75. The first-order valence-corrected chi connectivity index (χ1v) is 7.86. The van der Waals surface area contributed by atoms with Crippen LogP contribution in [0.2, 0.25) is 0 Å². The van der Waals surface area contributed by atoms with Crippen LogP contribution >= 0.6 is 7.92 Å². The first-order chi connectivity index (χ1) is 8.27. The van der Waals surface area contributed by atoms with E-state index >= 15 is 0 Å². The van der Waals surface area contributed by atoms with Crippen LogP contribution in [0, 0.1) is 0 Å². The molecule has 0 radical (unpaired) electrons. The Bertz CT molecular complexity index is 503. The zero-order valence-corrected chi connectivity index (χ0v) is 11.1. The van der Waals surface area contributed by atoms with Gasteiger partial charge in [-0.15, -0.1) is 0 Å². The maximum absolute atomic E-state index is 4.50. The third-order valence-electron chi connectivity index (χ3n) is 2.53. The second-order valence-electron chi connectivity index (χ2n) is 4.05. The standard InChI is InChI=1S/C15H16NP/c1-17(2)15-11-7-6-8-13(15)12-16-14-9-4-3-5-10-14/h3-12H,1-2H3. The Balaban J connectivity index is 2.27. The third kappa shape index (κ3) is 3.25. The third-order valence-corrected chi connectivity index (χ3v) is 3.90. The number of hydrogen-bond donors (Lipinski definition) is 0. The first-order valence-electron chi connectivity index (χ1n) is 5.63. The summed E-state index contributed by atoms with van der Waals surface area (Å²) in [5.41, 5.74) is 2.23. The Morgan fingerprint density at radius 1 is 0.882 bits per heavy atom. The monoisotopic (exact) mass is 241 g/mol. The minimum atomic E-state index is -0.0881. The molecule has 2 aromatic rings. The fourth-order valence-corrected chi connectivity index (χ4v) is 2.69. The highest BCUT2D eigenvalue weighted by Gasteiger charge is 2.02. The molecule has 0 saturated carbocycles. The lowest BCUT2D eigenvalue weighted by Crippen LogP contribution is -2.06. The highest BCUT2D eigenvalue weighted by molar-refractivity contribution is 7.64. The molecule has 0 atom stereocenters. The molecule has 0 spiro atoms. The summed E-state index contributed by atoms with van der Waals surface area (Å²) < 4.78 is 0. The number of rotatable bonds is 3. The van der Waals surface area contributed by atoms with Crippen molar-refractivity contribution in [3.05, 3.63) is 60.2 Å². The van der Waals surface area contributed by atoms with Gasteiger partial charge in [0.2, 0.25) is 0 Å². The van der Waals surface area contributed by atoms with E-state index in [1.54, 1.807) is 0 Å². The Morgan fingerprint density at radius 2 is 1.53 bits per heavy atom. The van der Waals surface area contributed by atoms with Gasteiger partial charge in [-0.1, -0.05) is 50.4 Å². The van der Waals surface area contributed by atoms with Crippen molar-refractivity contribution >= 4 is 25.1 Å². The average Bonchev–Trinajstić information content (AvgIpc) is 2.38. The van der Waals surface area contributed by atoms with Crippen molar-refractivity contribution in [3.63, 3.8) is 0 Å². The molecular weight excluding hydrogens is 225 g/mol. The van der Waals surface area contributed by atoms with Crippen LogP contribution in [-0.4, -0.2) is 19.5 Å². The molecule has 0 aromatic heterocycles. The predicted molar refractivity (Wildman–Crippen MR) is 78.5 cm³/mol. The number of nitrogens with zero attached hydrogens (tertiary/aromatic N) is 1. The van der Waals surface area contributed by atoms with E-state index in [2.05, 4.69) is 42.6 Å². The maximum atomic E-state index is 4.50. The van der Waals surface area contributed by atoms with Gasteiger partial charge in [-0.05, 0) is 30.8 Å². The van der Waals surface area contributed by atoms with Gasteiger partial charge >= 0.3 is 0 Å². The summed E-state index contributed by atoms with van der Waals surface area (Å²) in [6.45, 7) is 4.54. The van der Waals surface area contributed by atoms with E-state index in [-0.39, 0.29) is 7.92 Å². The van der Waals surface area contributed by atoms with Gasteiger partial charge in [-0.3, -0.25) is 4.99 Å². The van der Waals surface area contributed by atoms with Gasteiger partial charge in [0.15, 0.2) is 0 Å². The summed E-state index contributed by atoms with van der Waals surface area (Å²) in [5, 5.41) is 1.40. The summed E-state index contributed by atoms with van der Waals surface area (Å²) in [7, 11) is -0.0881. The van der Waals surface area contributed by atoms with Crippen molar-refractivity contribution in [3.8, 4) is 0 Å². The minimum absolute atomic E-state index is 0.0881. The molecule has 0 aliphatic rings. The van der Waals surface area contributed by atoms with E-state index in [0.29, 0.717) is 0 Å². The molecular formula is C15H16NP. The Labute approximate surface area is 104 Å². The van der Waals surface area contributed by atoms with E-state index in [0.717, 1.165) is 5.69 Å². The summed E-state index contributed by atoms with van der Waals surface area (Å²) in [6.07, 6.45) is 1.97. The van der Waals surface area contributed by atoms with E-state index in [9.17, 15) is 0 Å². The topological polar surface area (TPSA) is 12.4 Å². The average molecular weight is 241 g/mol. The molecule has 86 valence electrons. The molecule has 0 N–H and O–H groups in total. The van der Waals surface area contributed by atoms with Crippen LogP contribution in [0.25, 0.3) is 0 Å². The van der Waals surface area contributed by atoms with Gasteiger partial charge in [-0.2, -0.15) is 0 Å². The van der Waals surface area contributed by atoms with Gasteiger partial charge in [-0.25, -0.2) is 0 Å². The minimum Gasteiger partial charge on any atom is -0.256 e. The zero-order valence-electron chi connectivity index (χ0n) is 10.2. The van der Waals surface area contributed by atoms with Crippen molar-refractivity contribution in [1.82, 2.24) is 0 Å². The second-order valence-corrected chi connectivity index (χ2v) is 6.32. The Morgan fingerprint density at radius 3 is 2.24 bits per heavy atom. The van der Waals surface area contributed by atoms with Crippen molar-refractivity contribution in [2.45, 2.75) is 0 Å². The van der Waals surface area contributed by atoms with E-state index in [1.807, 2.05) is 36.5 Å². The molecule has 0 saturated heterocycles. The van der Waals surface area contributed by atoms with Crippen molar-refractivity contribution in [1.29, 1.82) is 0 Å². The van der Waals surface area contributed by atoms with Crippen LogP contribution in [0.4, 0.5) is 5.69 Å². The number of hydrogen-bond acceptors (Lipinski definition) is 1. The highest BCUT2D eigenvalue weighted by atomic mass is 31.1. The lowest BCUT2D eigenvalue weighted by atomic mass is 10.2. The van der Waals surface area contributed by atoms with Gasteiger partial charge < -0.3 is 0 Å². The maximum Gasteiger partial charge on any atom is 0.0629 e. The van der Waals surface area contributed by atoms with Gasteiger partial charge in [0.25, 0.3) is 0 Å². The molecule has 2 heteroatoms. The first kappa shape index (κ1) is 12.0. The Hall–Kier alpha value is -1.46. The van der Waals surface area contributed by atoms with Crippen LogP contribution < -0.4 is 5.30 Å². The van der Waals surface area contributed by atoms with Gasteiger partial charge in [0.05, 0.1) is 5.69 Å². The fraction of sp³-hybridized carbons (Fsp3) is 0.133. The Kier molecular flexibility index (Phi) is 4.06. The smallest absolute Gasteiger partial charge is 0.0629 e. The molecule has 2 rings (SSSR count). The quantitative estimate of drug-likeness (QED) is 0.572. The molecule has 17 heavy (non-hydrogen) atoms. The summed E-state index contributed by atoms with van der Waals surface area (Å²) in [4.78, 5) is 4.50. The molecule has 0 amide bonds. The van der Waals surface area contributed by atoms with Crippen LogP contribution in [-0.2, 0) is 0 Å². The van der Waals surface area contributed by atoms with Crippen molar-refractivity contribution < 1.29 is 0 Å². The van der Waals surface area contributed by atoms with Crippen LogP contribution in [0.15, 0.2) is 59.6 Å². The lowest BCUT2D eigenvalue weighted by Gasteiger charge is -2.08.